The zero-order chi connectivity index (χ0) is 21.7. The SMILES string of the molecule is Cc1cccc(C)c1NC(=O)CN1CCN(C(=O)/C=C/c2cc(Cl)cc(Cl)c2)CC1. The first-order valence-corrected chi connectivity index (χ1v) is 10.6. The van der Waals surface area contributed by atoms with Gasteiger partial charge in [-0.15, -0.1) is 0 Å². The third-order valence-corrected chi connectivity index (χ3v) is 5.54. The van der Waals surface area contributed by atoms with Crippen molar-refractivity contribution in [3.05, 3.63) is 69.2 Å². The lowest BCUT2D eigenvalue weighted by atomic mass is 10.1. The number of aryl methyl sites for hydroxylation is 2. The summed E-state index contributed by atoms with van der Waals surface area (Å²) >= 11 is 12.0. The summed E-state index contributed by atoms with van der Waals surface area (Å²) in [7, 11) is 0. The zero-order valence-corrected chi connectivity index (χ0v) is 18.6. The van der Waals surface area contributed by atoms with E-state index in [1.807, 2.05) is 32.0 Å². The first-order valence-electron chi connectivity index (χ1n) is 9.83. The van der Waals surface area contributed by atoms with Crippen molar-refractivity contribution in [1.82, 2.24) is 9.80 Å². The Hall–Kier alpha value is -2.34. The Morgan fingerprint density at radius 1 is 1.00 bits per heavy atom. The van der Waals surface area contributed by atoms with Gasteiger partial charge in [-0.05, 0) is 54.8 Å². The molecular formula is C23H25Cl2N3O2. The van der Waals surface area contributed by atoms with Crippen LogP contribution in [-0.4, -0.2) is 54.3 Å². The number of hydrogen-bond donors (Lipinski definition) is 1. The van der Waals surface area contributed by atoms with Gasteiger partial charge in [0.05, 0.1) is 6.54 Å². The highest BCUT2D eigenvalue weighted by Gasteiger charge is 2.21. The standard InChI is InChI=1S/C23H25Cl2N3O2/c1-16-4-3-5-17(2)23(16)26-21(29)15-27-8-10-28(11-9-27)22(30)7-6-18-12-19(24)14-20(25)13-18/h3-7,12-14H,8-11,15H2,1-2H3,(H,26,29)/b7-6+. The highest BCUT2D eigenvalue weighted by atomic mass is 35.5. The number of para-hydroxylation sites is 1. The molecule has 1 aliphatic rings. The van der Waals surface area contributed by atoms with Gasteiger partial charge in [-0.3, -0.25) is 14.5 Å². The smallest absolute Gasteiger partial charge is 0.246 e. The number of nitrogens with zero attached hydrogens (tertiary/aromatic N) is 2. The van der Waals surface area contributed by atoms with E-state index in [0.29, 0.717) is 42.8 Å². The van der Waals surface area contributed by atoms with E-state index in [9.17, 15) is 9.59 Å². The van der Waals surface area contributed by atoms with Gasteiger partial charge in [-0.25, -0.2) is 0 Å². The number of rotatable bonds is 5. The van der Waals surface area contributed by atoms with Crippen LogP contribution >= 0.6 is 23.2 Å². The molecule has 7 heteroatoms. The molecule has 1 saturated heterocycles. The van der Waals surface area contributed by atoms with Crippen LogP contribution in [0.15, 0.2) is 42.5 Å². The number of piperazine rings is 1. The van der Waals surface area contributed by atoms with Crippen molar-refractivity contribution in [1.29, 1.82) is 0 Å². The van der Waals surface area contributed by atoms with Crippen LogP contribution in [0.4, 0.5) is 5.69 Å². The van der Waals surface area contributed by atoms with Crippen LogP contribution in [0.25, 0.3) is 6.08 Å². The molecule has 0 atom stereocenters. The normalized spacial score (nSPS) is 14.9. The molecule has 0 saturated carbocycles. The van der Waals surface area contributed by atoms with E-state index in [-0.39, 0.29) is 11.8 Å². The molecule has 2 amide bonds. The van der Waals surface area contributed by atoms with E-state index in [1.165, 1.54) is 6.08 Å². The molecule has 0 bridgehead atoms. The van der Waals surface area contributed by atoms with Gasteiger partial charge in [0, 0.05) is 48.0 Å². The molecule has 0 unspecified atom stereocenters. The monoisotopic (exact) mass is 445 g/mol. The third-order valence-electron chi connectivity index (χ3n) is 5.10. The van der Waals surface area contributed by atoms with Crippen molar-refractivity contribution in [2.75, 3.05) is 38.0 Å². The molecule has 30 heavy (non-hydrogen) atoms. The van der Waals surface area contributed by atoms with Gasteiger partial charge in [0.15, 0.2) is 0 Å². The third kappa shape index (κ3) is 6.08. The highest BCUT2D eigenvalue weighted by Crippen LogP contribution is 2.21. The molecule has 1 aliphatic heterocycles. The summed E-state index contributed by atoms with van der Waals surface area (Å²) < 4.78 is 0. The van der Waals surface area contributed by atoms with Crippen molar-refractivity contribution >= 4 is 46.8 Å². The minimum absolute atomic E-state index is 0.0371. The van der Waals surface area contributed by atoms with Gasteiger partial charge in [0.25, 0.3) is 0 Å². The summed E-state index contributed by atoms with van der Waals surface area (Å²) in [5.74, 6) is -0.101. The van der Waals surface area contributed by atoms with Gasteiger partial charge in [0.1, 0.15) is 0 Å². The molecule has 0 aromatic heterocycles. The molecule has 1 N–H and O–H groups in total. The number of hydrogen-bond acceptors (Lipinski definition) is 3. The van der Waals surface area contributed by atoms with Gasteiger partial charge in [0.2, 0.25) is 11.8 Å². The highest BCUT2D eigenvalue weighted by molar-refractivity contribution is 6.34. The van der Waals surface area contributed by atoms with E-state index >= 15 is 0 Å². The molecule has 2 aromatic rings. The Bertz CT molecular complexity index is 926. The number of halogens is 2. The number of benzene rings is 2. The summed E-state index contributed by atoms with van der Waals surface area (Å²) in [6.07, 6.45) is 3.25. The molecule has 0 spiro atoms. The fourth-order valence-electron chi connectivity index (χ4n) is 3.46. The summed E-state index contributed by atoms with van der Waals surface area (Å²) in [5, 5.41) is 4.07. The Labute approximate surface area is 187 Å². The molecule has 0 aliphatic carbocycles. The predicted molar refractivity (Wildman–Crippen MR) is 123 cm³/mol. The van der Waals surface area contributed by atoms with Crippen molar-refractivity contribution in [2.24, 2.45) is 0 Å². The summed E-state index contributed by atoms with van der Waals surface area (Å²) in [6.45, 7) is 6.75. The fraction of sp³-hybridized carbons (Fsp3) is 0.304. The Kier molecular flexibility index (Phi) is 7.53. The minimum atomic E-state index is -0.0641. The maximum Gasteiger partial charge on any atom is 0.246 e. The van der Waals surface area contributed by atoms with E-state index in [2.05, 4.69) is 10.2 Å². The first-order chi connectivity index (χ1) is 14.3. The van der Waals surface area contributed by atoms with Crippen molar-refractivity contribution in [2.45, 2.75) is 13.8 Å². The maximum atomic E-state index is 12.5. The summed E-state index contributed by atoms with van der Waals surface area (Å²) in [4.78, 5) is 28.8. The first kappa shape index (κ1) is 22.3. The lowest BCUT2D eigenvalue weighted by molar-refractivity contribution is -0.127. The molecule has 3 rings (SSSR count). The van der Waals surface area contributed by atoms with Crippen LogP contribution in [0, 0.1) is 13.8 Å². The van der Waals surface area contributed by atoms with Gasteiger partial charge < -0.3 is 10.2 Å². The van der Waals surface area contributed by atoms with Crippen LogP contribution in [0.5, 0.6) is 0 Å². The van der Waals surface area contributed by atoms with E-state index in [0.717, 1.165) is 22.4 Å². The number of nitrogens with one attached hydrogen (secondary N) is 1. The minimum Gasteiger partial charge on any atom is -0.337 e. The maximum absolute atomic E-state index is 12.5. The summed E-state index contributed by atoms with van der Waals surface area (Å²) in [5.41, 5.74) is 3.75. The van der Waals surface area contributed by atoms with Gasteiger partial charge in [-0.2, -0.15) is 0 Å². The molecular weight excluding hydrogens is 421 g/mol. The van der Waals surface area contributed by atoms with Crippen molar-refractivity contribution < 1.29 is 9.59 Å². The molecule has 158 valence electrons. The average Bonchev–Trinajstić information content (AvgIpc) is 2.69. The largest absolute Gasteiger partial charge is 0.337 e. The van der Waals surface area contributed by atoms with Crippen LogP contribution < -0.4 is 5.32 Å². The molecule has 5 nitrogen and oxygen atoms in total. The van der Waals surface area contributed by atoms with Crippen molar-refractivity contribution in [3.63, 3.8) is 0 Å². The topological polar surface area (TPSA) is 52.7 Å². The Morgan fingerprint density at radius 3 is 2.20 bits per heavy atom. The van der Waals surface area contributed by atoms with Gasteiger partial charge in [-0.1, -0.05) is 41.4 Å². The lowest BCUT2D eigenvalue weighted by Gasteiger charge is -2.33. The second kappa shape index (κ2) is 10.1. The van der Waals surface area contributed by atoms with E-state index in [4.69, 9.17) is 23.2 Å². The molecule has 1 fully saturated rings. The Balaban J connectivity index is 1.49. The number of anilines is 1. The van der Waals surface area contributed by atoms with Crippen LogP contribution in [0.3, 0.4) is 0 Å². The fourth-order valence-corrected chi connectivity index (χ4v) is 4.01. The second-order valence-corrected chi connectivity index (χ2v) is 8.33. The zero-order valence-electron chi connectivity index (χ0n) is 17.1. The number of amides is 2. The average molecular weight is 446 g/mol. The van der Waals surface area contributed by atoms with Crippen LogP contribution in [-0.2, 0) is 9.59 Å². The van der Waals surface area contributed by atoms with Crippen LogP contribution in [0.2, 0.25) is 10.0 Å². The van der Waals surface area contributed by atoms with Gasteiger partial charge >= 0.3 is 0 Å². The quantitative estimate of drug-likeness (QED) is 0.693. The number of carbonyl (C=O) groups excluding carboxylic acids is 2. The molecule has 2 aromatic carbocycles. The van der Waals surface area contributed by atoms with Crippen molar-refractivity contribution in [3.8, 4) is 0 Å². The number of carbonyl (C=O) groups is 2. The van der Waals surface area contributed by atoms with E-state index < -0.39 is 0 Å². The van der Waals surface area contributed by atoms with Crippen LogP contribution in [0.1, 0.15) is 16.7 Å². The second-order valence-electron chi connectivity index (χ2n) is 7.45. The summed E-state index contributed by atoms with van der Waals surface area (Å²) in [6, 6.07) is 11.1. The van der Waals surface area contributed by atoms with E-state index in [1.54, 1.807) is 29.2 Å². The molecule has 0 radical (unpaired) electrons. The Morgan fingerprint density at radius 2 is 1.60 bits per heavy atom. The molecule has 1 heterocycles. The predicted octanol–water partition coefficient (Wildman–Crippen LogP) is 4.41. The lowest BCUT2D eigenvalue weighted by Crippen LogP contribution is -2.50.